The zero-order chi connectivity index (χ0) is 17.8. The van der Waals surface area contributed by atoms with Gasteiger partial charge >= 0.3 is 6.03 Å². The molecule has 1 fully saturated rings. The summed E-state index contributed by atoms with van der Waals surface area (Å²) in [6, 6.07) is 11.7. The van der Waals surface area contributed by atoms with Crippen LogP contribution in [0.2, 0.25) is 0 Å². The van der Waals surface area contributed by atoms with E-state index in [0.717, 1.165) is 10.9 Å². The van der Waals surface area contributed by atoms with Crippen LogP contribution in [0.4, 0.5) is 10.6 Å². The van der Waals surface area contributed by atoms with E-state index in [1.54, 1.807) is 4.90 Å². The molecule has 6 heteroatoms. The van der Waals surface area contributed by atoms with E-state index in [1.165, 1.54) is 0 Å². The van der Waals surface area contributed by atoms with E-state index in [4.69, 9.17) is 0 Å². The van der Waals surface area contributed by atoms with Crippen LogP contribution in [0.3, 0.4) is 0 Å². The number of nitrogens with one attached hydrogen (secondary N) is 2. The van der Waals surface area contributed by atoms with Gasteiger partial charge in [-0.1, -0.05) is 18.2 Å². The lowest BCUT2D eigenvalue weighted by atomic mass is 9.96. The lowest BCUT2D eigenvalue weighted by molar-refractivity contribution is -0.121. The number of aromatic nitrogens is 1. The highest BCUT2D eigenvalue weighted by Gasteiger charge is 2.27. The first-order valence-electron chi connectivity index (χ1n) is 8.75. The molecular formula is C19H24N4O2. The van der Waals surface area contributed by atoms with Gasteiger partial charge in [0.2, 0.25) is 5.91 Å². The van der Waals surface area contributed by atoms with Crippen LogP contribution in [0.25, 0.3) is 10.9 Å². The first-order chi connectivity index (χ1) is 12.0. The average molecular weight is 340 g/mol. The van der Waals surface area contributed by atoms with E-state index in [2.05, 4.69) is 15.6 Å². The Labute approximate surface area is 147 Å². The monoisotopic (exact) mass is 340 g/mol. The minimum atomic E-state index is -0.0867. The van der Waals surface area contributed by atoms with Gasteiger partial charge in [-0.2, -0.15) is 0 Å². The fraction of sp³-hybridized carbons (Fsp3) is 0.421. The van der Waals surface area contributed by atoms with Gasteiger partial charge in [0.15, 0.2) is 0 Å². The number of pyridine rings is 1. The molecule has 0 spiro atoms. The maximum absolute atomic E-state index is 12.5. The third kappa shape index (κ3) is 4.26. The number of para-hydroxylation sites is 1. The van der Waals surface area contributed by atoms with Crippen LogP contribution in [-0.2, 0) is 4.79 Å². The zero-order valence-corrected chi connectivity index (χ0v) is 14.7. The van der Waals surface area contributed by atoms with E-state index >= 15 is 0 Å². The second-order valence-electron chi connectivity index (χ2n) is 6.74. The van der Waals surface area contributed by atoms with Crippen molar-refractivity contribution in [3.8, 4) is 0 Å². The predicted octanol–water partition coefficient (Wildman–Crippen LogP) is 3.00. The molecule has 3 amide bonds. The number of benzene rings is 1. The van der Waals surface area contributed by atoms with E-state index in [9.17, 15) is 9.59 Å². The number of carbonyl (C=O) groups is 2. The van der Waals surface area contributed by atoms with E-state index in [0.29, 0.717) is 31.7 Å². The molecule has 0 radical (unpaired) electrons. The fourth-order valence-corrected chi connectivity index (χ4v) is 3.05. The van der Waals surface area contributed by atoms with Crippen molar-refractivity contribution >= 4 is 28.7 Å². The van der Waals surface area contributed by atoms with Gasteiger partial charge < -0.3 is 15.5 Å². The van der Waals surface area contributed by atoms with Crippen LogP contribution < -0.4 is 10.6 Å². The van der Waals surface area contributed by atoms with Gasteiger partial charge in [0.25, 0.3) is 0 Å². The maximum Gasteiger partial charge on any atom is 0.317 e. The highest BCUT2D eigenvalue weighted by Crippen LogP contribution is 2.20. The Hall–Kier alpha value is -2.63. The molecule has 0 bridgehead atoms. The van der Waals surface area contributed by atoms with Gasteiger partial charge in [-0.15, -0.1) is 0 Å². The molecule has 1 aromatic carbocycles. The average Bonchev–Trinajstić information content (AvgIpc) is 2.61. The normalized spacial score (nSPS) is 15.4. The van der Waals surface area contributed by atoms with Crippen molar-refractivity contribution in [2.45, 2.75) is 32.7 Å². The summed E-state index contributed by atoms with van der Waals surface area (Å²) in [5, 5.41) is 6.85. The minimum absolute atomic E-state index is 0.0216. The Balaban J connectivity index is 1.56. The number of anilines is 1. The van der Waals surface area contributed by atoms with Crippen molar-refractivity contribution < 1.29 is 9.59 Å². The van der Waals surface area contributed by atoms with Gasteiger partial charge in [0.1, 0.15) is 5.82 Å². The van der Waals surface area contributed by atoms with Crippen LogP contribution in [0.1, 0.15) is 26.7 Å². The van der Waals surface area contributed by atoms with Crippen LogP contribution in [0.5, 0.6) is 0 Å². The summed E-state index contributed by atoms with van der Waals surface area (Å²) in [6.07, 6.45) is 1.34. The molecule has 3 rings (SSSR count). The molecule has 6 nitrogen and oxygen atoms in total. The summed E-state index contributed by atoms with van der Waals surface area (Å²) in [7, 11) is 0. The van der Waals surface area contributed by atoms with E-state index in [1.807, 2.05) is 50.2 Å². The van der Waals surface area contributed by atoms with Gasteiger partial charge in [-0.3, -0.25) is 4.79 Å². The topological polar surface area (TPSA) is 74.3 Å². The predicted molar refractivity (Wildman–Crippen MR) is 98.3 cm³/mol. The number of rotatable bonds is 3. The van der Waals surface area contributed by atoms with Crippen LogP contribution >= 0.6 is 0 Å². The van der Waals surface area contributed by atoms with Crippen LogP contribution in [0.15, 0.2) is 36.4 Å². The number of likely N-dealkylation sites (tertiary alicyclic amines) is 1. The number of hydrogen-bond acceptors (Lipinski definition) is 3. The van der Waals surface area contributed by atoms with E-state index in [-0.39, 0.29) is 23.9 Å². The van der Waals surface area contributed by atoms with Crippen molar-refractivity contribution in [1.29, 1.82) is 0 Å². The van der Waals surface area contributed by atoms with Crippen molar-refractivity contribution in [2.75, 3.05) is 18.4 Å². The summed E-state index contributed by atoms with van der Waals surface area (Å²) in [6.45, 7) is 5.08. The Kier molecular flexibility index (Phi) is 5.16. The standard InChI is InChI=1S/C19H24N4O2/c1-13(2)20-19(25)23-11-9-15(10-12-23)18(24)22-17-8-7-14-5-3-4-6-16(14)21-17/h3-8,13,15H,9-12H2,1-2H3,(H,20,25)(H,21,22,24). The van der Waals surface area contributed by atoms with Crippen molar-refractivity contribution in [1.82, 2.24) is 15.2 Å². The summed E-state index contributed by atoms with van der Waals surface area (Å²) >= 11 is 0. The number of fused-ring (bicyclic) bond motifs is 1. The maximum atomic E-state index is 12.5. The summed E-state index contributed by atoms with van der Waals surface area (Å²) < 4.78 is 0. The molecule has 25 heavy (non-hydrogen) atoms. The molecule has 132 valence electrons. The highest BCUT2D eigenvalue weighted by molar-refractivity contribution is 5.93. The molecule has 0 unspecified atom stereocenters. The molecule has 0 saturated carbocycles. The lowest BCUT2D eigenvalue weighted by Gasteiger charge is -2.31. The van der Waals surface area contributed by atoms with Crippen molar-refractivity contribution in [3.63, 3.8) is 0 Å². The number of piperidine rings is 1. The van der Waals surface area contributed by atoms with Gasteiger partial charge in [-0.25, -0.2) is 9.78 Å². The molecule has 1 aliphatic rings. The molecule has 0 aliphatic carbocycles. The minimum Gasteiger partial charge on any atom is -0.336 e. The van der Waals surface area contributed by atoms with Gasteiger partial charge in [0.05, 0.1) is 5.52 Å². The summed E-state index contributed by atoms with van der Waals surface area (Å²) in [5.74, 6) is 0.465. The highest BCUT2D eigenvalue weighted by atomic mass is 16.2. The Bertz CT molecular complexity index is 767. The number of nitrogens with zero attached hydrogens (tertiary/aromatic N) is 2. The third-order valence-electron chi connectivity index (χ3n) is 4.41. The molecule has 2 aromatic rings. The van der Waals surface area contributed by atoms with Crippen LogP contribution in [0, 0.1) is 5.92 Å². The number of amides is 3. The third-order valence-corrected chi connectivity index (χ3v) is 4.41. The van der Waals surface area contributed by atoms with Crippen molar-refractivity contribution in [3.05, 3.63) is 36.4 Å². The number of carbonyl (C=O) groups excluding carboxylic acids is 2. The van der Waals surface area contributed by atoms with Gasteiger partial charge in [-0.05, 0) is 44.9 Å². The molecular weight excluding hydrogens is 316 g/mol. The summed E-state index contributed by atoms with van der Waals surface area (Å²) in [4.78, 5) is 30.7. The van der Waals surface area contributed by atoms with E-state index < -0.39 is 0 Å². The second kappa shape index (κ2) is 7.51. The first kappa shape index (κ1) is 17.2. The smallest absolute Gasteiger partial charge is 0.317 e. The molecule has 1 aliphatic heterocycles. The Morgan fingerprint density at radius 3 is 2.56 bits per heavy atom. The molecule has 1 aromatic heterocycles. The zero-order valence-electron chi connectivity index (χ0n) is 14.7. The molecule has 2 N–H and O–H groups in total. The Morgan fingerprint density at radius 1 is 1.12 bits per heavy atom. The Morgan fingerprint density at radius 2 is 1.84 bits per heavy atom. The van der Waals surface area contributed by atoms with Crippen molar-refractivity contribution in [2.24, 2.45) is 5.92 Å². The summed E-state index contributed by atoms with van der Waals surface area (Å²) in [5.41, 5.74) is 0.862. The lowest BCUT2D eigenvalue weighted by Crippen LogP contribution is -2.47. The van der Waals surface area contributed by atoms with Crippen LogP contribution in [-0.4, -0.2) is 41.0 Å². The molecule has 1 saturated heterocycles. The molecule has 0 atom stereocenters. The number of hydrogen-bond donors (Lipinski definition) is 2. The SMILES string of the molecule is CC(C)NC(=O)N1CCC(C(=O)Nc2ccc3ccccc3n2)CC1. The second-order valence-corrected chi connectivity index (χ2v) is 6.74. The fourth-order valence-electron chi connectivity index (χ4n) is 3.05. The molecule has 2 heterocycles. The number of urea groups is 1. The van der Waals surface area contributed by atoms with Gasteiger partial charge in [0, 0.05) is 30.4 Å². The first-order valence-corrected chi connectivity index (χ1v) is 8.75. The largest absolute Gasteiger partial charge is 0.336 e. The quantitative estimate of drug-likeness (QED) is 0.902.